The van der Waals surface area contributed by atoms with E-state index in [1.807, 2.05) is 24.3 Å². The van der Waals surface area contributed by atoms with Crippen LogP contribution in [0.4, 0.5) is 34.1 Å². The van der Waals surface area contributed by atoms with Gasteiger partial charge in [-0.25, -0.2) is 0 Å². The second kappa shape index (κ2) is 13.1. The molecule has 2 aromatic heterocycles. The lowest BCUT2D eigenvalue weighted by Crippen LogP contribution is -2.09. The zero-order valence-corrected chi connectivity index (χ0v) is 30.3. The highest BCUT2D eigenvalue weighted by atomic mass is 16.3. The third kappa shape index (κ3) is 5.31. The minimum absolute atomic E-state index is 0.813. The minimum Gasteiger partial charge on any atom is -0.456 e. The molecule has 4 heteroatoms. The highest BCUT2D eigenvalue weighted by Gasteiger charge is 2.21. The molecule has 0 aliphatic rings. The first-order chi connectivity index (χ1) is 27.8. The molecule has 0 bridgehead atoms. The highest BCUT2D eigenvalue weighted by Crippen LogP contribution is 2.45. The topological polar surface area (TPSA) is 32.8 Å². The molecule has 2 heterocycles. The van der Waals surface area contributed by atoms with E-state index in [0.717, 1.165) is 78.0 Å². The molecule has 0 radical (unpaired) electrons. The first-order valence-corrected chi connectivity index (χ1v) is 18.9. The second-order valence-electron chi connectivity index (χ2n) is 14.1. The van der Waals surface area contributed by atoms with E-state index in [0.29, 0.717) is 0 Å². The first kappa shape index (κ1) is 31.9. The van der Waals surface area contributed by atoms with Gasteiger partial charge in [0.2, 0.25) is 0 Å². The van der Waals surface area contributed by atoms with Crippen LogP contribution >= 0.6 is 0 Å². The number of furan rings is 2. The predicted molar refractivity (Wildman–Crippen MR) is 233 cm³/mol. The van der Waals surface area contributed by atoms with Crippen molar-refractivity contribution in [2.24, 2.45) is 0 Å². The largest absolute Gasteiger partial charge is 0.456 e. The van der Waals surface area contributed by atoms with E-state index in [1.54, 1.807) is 0 Å². The lowest BCUT2D eigenvalue weighted by atomic mass is 9.98. The van der Waals surface area contributed by atoms with Crippen molar-refractivity contribution in [3.8, 4) is 11.1 Å². The third-order valence-corrected chi connectivity index (χ3v) is 10.8. The summed E-state index contributed by atoms with van der Waals surface area (Å²) in [5.41, 5.74) is 11.9. The van der Waals surface area contributed by atoms with Gasteiger partial charge in [-0.15, -0.1) is 0 Å². The molecule has 0 aliphatic carbocycles. The molecule has 11 rings (SSSR count). The molecule has 0 saturated heterocycles. The molecule has 0 aliphatic heterocycles. The van der Waals surface area contributed by atoms with Gasteiger partial charge >= 0.3 is 0 Å². The molecule has 0 unspecified atom stereocenters. The smallest absolute Gasteiger partial charge is 0.159 e. The SMILES string of the molecule is c1ccc(N(c2ccccc2)c2cccc3c2oc2cc(N(c4ccc(-c5cccc6ccccc56)cc4)c4ccc5c(c4)oc4ccccc45)ccc23)cc1. The minimum atomic E-state index is 0.813. The van der Waals surface area contributed by atoms with Gasteiger partial charge < -0.3 is 18.6 Å². The number of hydrogen-bond donors (Lipinski definition) is 0. The van der Waals surface area contributed by atoms with E-state index < -0.39 is 0 Å². The molecule has 11 aromatic rings. The quantitative estimate of drug-likeness (QED) is 0.164. The maximum Gasteiger partial charge on any atom is 0.159 e. The third-order valence-electron chi connectivity index (χ3n) is 10.8. The summed E-state index contributed by atoms with van der Waals surface area (Å²) in [6.07, 6.45) is 0. The Morgan fingerprint density at radius 3 is 1.55 bits per heavy atom. The lowest BCUT2D eigenvalue weighted by molar-refractivity contribution is 0.669. The summed E-state index contributed by atoms with van der Waals surface area (Å²) in [4.78, 5) is 4.55. The number of para-hydroxylation sites is 4. The second-order valence-corrected chi connectivity index (χ2v) is 14.1. The fraction of sp³-hybridized carbons (Fsp3) is 0. The zero-order chi connectivity index (χ0) is 37.0. The van der Waals surface area contributed by atoms with Crippen molar-refractivity contribution in [2.75, 3.05) is 9.80 Å². The molecule has 0 N–H and O–H groups in total. The van der Waals surface area contributed by atoms with Crippen LogP contribution in [0, 0.1) is 0 Å². The zero-order valence-electron chi connectivity index (χ0n) is 30.3. The van der Waals surface area contributed by atoms with Gasteiger partial charge in [-0.1, -0.05) is 121 Å². The van der Waals surface area contributed by atoms with Crippen molar-refractivity contribution in [1.82, 2.24) is 0 Å². The van der Waals surface area contributed by atoms with Crippen molar-refractivity contribution >= 4 is 88.8 Å². The number of benzene rings is 9. The Morgan fingerprint density at radius 2 is 0.821 bits per heavy atom. The number of nitrogens with zero attached hydrogens (tertiary/aromatic N) is 2. The van der Waals surface area contributed by atoms with Crippen molar-refractivity contribution in [3.63, 3.8) is 0 Å². The van der Waals surface area contributed by atoms with Gasteiger partial charge in [-0.3, -0.25) is 0 Å². The molecule has 0 spiro atoms. The predicted octanol–water partition coefficient (Wildman–Crippen LogP) is 15.2. The van der Waals surface area contributed by atoms with Gasteiger partial charge in [0.1, 0.15) is 16.7 Å². The van der Waals surface area contributed by atoms with Crippen LogP contribution in [0.1, 0.15) is 0 Å². The fourth-order valence-corrected chi connectivity index (χ4v) is 8.24. The van der Waals surface area contributed by atoms with Crippen LogP contribution in [-0.2, 0) is 0 Å². The van der Waals surface area contributed by atoms with E-state index in [2.05, 4.69) is 192 Å². The highest BCUT2D eigenvalue weighted by molar-refractivity contribution is 6.11. The van der Waals surface area contributed by atoms with Crippen LogP contribution in [0.15, 0.2) is 215 Å². The molecule has 264 valence electrons. The fourth-order valence-electron chi connectivity index (χ4n) is 8.24. The Kier molecular flexibility index (Phi) is 7.46. The molecule has 0 amide bonds. The van der Waals surface area contributed by atoms with Crippen LogP contribution < -0.4 is 9.80 Å². The van der Waals surface area contributed by atoms with Crippen LogP contribution in [-0.4, -0.2) is 0 Å². The molecule has 0 fully saturated rings. The normalized spacial score (nSPS) is 11.6. The van der Waals surface area contributed by atoms with Crippen molar-refractivity contribution in [1.29, 1.82) is 0 Å². The summed E-state index contributed by atoms with van der Waals surface area (Å²) < 4.78 is 13.3. The number of anilines is 6. The van der Waals surface area contributed by atoms with E-state index in [4.69, 9.17) is 8.83 Å². The molecular weight excluding hydrogens is 685 g/mol. The Balaban J connectivity index is 1.07. The summed E-state index contributed by atoms with van der Waals surface area (Å²) in [7, 11) is 0. The van der Waals surface area contributed by atoms with Crippen molar-refractivity contribution < 1.29 is 8.83 Å². The van der Waals surface area contributed by atoms with Gasteiger partial charge in [0.15, 0.2) is 5.58 Å². The molecule has 9 aromatic carbocycles. The first-order valence-electron chi connectivity index (χ1n) is 18.9. The van der Waals surface area contributed by atoms with E-state index in [9.17, 15) is 0 Å². The average molecular weight is 719 g/mol. The van der Waals surface area contributed by atoms with Crippen molar-refractivity contribution in [2.45, 2.75) is 0 Å². The Morgan fingerprint density at radius 1 is 0.304 bits per heavy atom. The summed E-state index contributed by atoms with van der Waals surface area (Å²) in [5.74, 6) is 0. The van der Waals surface area contributed by atoms with Crippen LogP contribution in [0.3, 0.4) is 0 Å². The van der Waals surface area contributed by atoms with Crippen LogP contribution in [0.25, 0.3) is 65.8 Å². The van der Waals surface area contributed by atoms with E-state index >= 15 is 0 Å². The Hall–Kier alpha value is -7.56. The molecule has 0 saturated carbocycles. The molecule has 56 heavy (non-hydrogen) atoms. The summed E-state index contributed by atoms with van der Waals surface area (Å²) in [5, 5.41) is 6.80. The van der Waals surface area contributed by atoms with Gasteiger partial charge in [0.05, 0.1) is 5.69 Å². The standard InChI is InChI=1S/C52H34N2O2/c1-3-15-37(16-4-1)54(38-17-5-2-6-18-38)48-23-12-22-47-46-32-30-41(34-51(46)56-52(47)48)53(40-29-31-45-44-20-9-10-24-49(44)55-50(45)33-40)39-27-25-36(26-28-39)43-21-11-14-35-13-7-8-19-42(35)43/h1-34H. The molecule has 0 atom stereocenters. The Labute approximate surface area is 323 Å². The molecular formula is C52H34N2O2. The summed E-state index contributed by atoms with van der Waals surface area (Å²) >= 11 is 0. The lowest BCUT2D eigenvalue weighted by Gasteiger charge is -2.25. The number of fused-ring (bicyclic) bond motifs is 7. The van der Waals surface area contributed by atoms with Gasteiger partial charge in [-0.2, -0.15) is 0 Å². The summed E-state index contributed by atoms with van der Waals surface area (Å²) in [6, 6.07) is 72.5. The van der Waals surface area contributed by atoms with Crippen LogP contribution in [0.5, 0.6) is 0 Å². The van der Waals surface area contributed by atoms with Gasteiger partial charge in [0.25, 0.3) is 0 Å². The molecule has 4 nitrogen and oxygen atoms in total. The maximum atomic E-state index is 6.91. The van der Waals surface area contributed by atoms with Gasteiger partial charge in [0, 0.05) is 62.1 Å². The summed E-state index contributed by atoms with van der Waals surface area (Å²) in [6.45, 7) is 0. The Bertz CT molecular complexity index is 3160. The number of rotatable bonds is 7. The maximum absolute atomic E-state index is 6.91. The van der Waals surface area contributed by atoms with Crippen LogP contribution in [0.2, 0.25) is 0 Å². The van der Waals surface area contributed by atoms with Gasteiger partial charge in [-0.05, 0) is 94.7 Å². The van der Waals surface area contributed by atoms with E-state index in [-0.39, 0.29) is 0 Å². The van der Waals surface area contributed by atoms with Crippen molar-refractivity contribution in [3.05, 3.63) is 206 Å². The monoisotopic (exact) mass is 718 g/mol. The number of hydrogen-bond acceptors (Lipinski definition) is 4. The van der Waals surface area contributed by atoms with E-state index in [1.165, 1.54) is 21.9 Å². The average Bonchev–Trinajstić information content (AvgIpc) is 3.83.